The van der Waals surface area contributed by atoms with Gasteiger partial charge in [0.05, 0.1) is 0 Å². The fourth-order valence-electron chi connectivity index (χ4n) is 3.17. The van der Waals surface area contributed by atoms with Crippen LogP contribution in [-0.2, 0) is 9.59 Å². The summed E-state index contributed by atoms with van der Waals surface area (Å²) >= 11 is 0. The number of hydrogen-bond acceptors (Lipinski definition) is 4. The molecule has 128 valence electrons. The molecule has 7 heteroatoms. The van der Waals surface area contributed by atoms with E-state index in [-0.39, 0.29) is 12.3 Å². The number of imide groups is 1. The molecule has 7 nitrogen and oxygen atoms in total. The Morgan fingerprint density at radius 3 is 2.38 bits per heavy atom. The van der Waals surface area contributed by atoms with Crippen molar-refractivity contribution in [1.29, 1.82) is 0 Å². The highest BCUT2D eigenvalue weighted by Gasteiger charge is 2.28. The minimum atomic E-state index is -0.860. The van der Waals surface area contributed by atoms with Gasteiger partial charge in [-0.1, -0.05) is 12.1 Å². The average Bonchev–Trinajstić information content (AvgIpc) is 2.58. The summed E-state index contributed by atoms with van der Waals surface area (Å²) < 4.78 is 5.66. The molecule has 2 aliphatic rings. The van der Waals surface area contributed by atoms with Crippen LogP contribution in [0.1, 0.15) is 37.2 Å². The number of piperidine rings is 2. The molecular weight excluding hydrogens is 312 g/mol. The van der Waals surface area contributed by atoms with Gasteiger partial charge in [-0.2, -0.15) is 0 Å². The number of hydrogen-bond donors (Lipinski definition) is 2. The van der Waals surface area contributed by atoms with E-state index in [1.54, 1.807) is 0 Å². The molecule has 0 aliphatic carbocycles. The van der Waals surface area contributed by atoms with Crippen molar-refractivity contribution in [1.82, 2.24) is 10.2 Å². The second-order valence-electron chi connectivity index (χ2n) is 6.17. The molecule has 2 fully saturated rings. The number of amides is 3. The molecule has 0 aromatic heterocycles. The number of carboxylic acid groups (broad SMARTS) is 1. The maximum absolute atomic E-state index is 11.7. The Morgan fingerprint density at radius 1 is 1.12 bits per heavy atom. The zero-order chi connectivity index (χ0) is 17.1. The quantitative estimate of drug-likeness (QED) is 0.822. The summed E-state index contributed by atoms with van der Waals surface area (Å²) in [7, 11) is 0. The Morgan fingerprint density at radius 2 is 1.79 bits per heavy atom. The molecule has 2 aliphatic heterocycles. The SMILES string of the molecule is O=C1CCC(Oc2ccc(C3CCN(C(=O)O)CC3)cc2)C(=O)N1. The standard InChI is InChI=1S/C17H20N2O5/c20-15-6-5-14(16(21)18-15)24-13-3-1-11(2-4-13)12-7-9-19(10-8-12)17(22)23/h1-4,12,14H,5-10H2,(H,22,23)(H,18,20,21). The molecule has 3 rings (SSSR count). The highest BCUT2D eigenvalue weighted by Crippen LogP contribution is 2.29. The monoisotopic (exact) mass is 332 g/mol. The van der Waals surface area contributed by atoms with E-state index < -0.39 is 18.1 Å². The van der Waals surface area contributed by atoms with Crippen molar-refractivity contribution < 1.29 is 24.2 Å². The van der Waals surface area contributed by atoms with Crippen LogP contribution in [-0.4, -0.2) is 47.1 Å². The summed E-state index contributed by atoms with van der Waals surface area (Å²) in [6.45, 7) is 1.10. The third-order valence-corrected chi connectivity index (χ3v) is 4.58. The van der Waals surface area contributed by atoms with Gasteiger partial charge in [-0.05, 0) is 36.5 Å². The fraction of sp³-hybridized carbons (Fsp3) is 0.471. The highest BCUT2D eigenvalue weighted by molar-refractivity contribution is 5.99. The molecule has 2 saturated heterocycles. The number of nitrogens with zero attached hydrogens (tertiary/aromatic N) is 1. The summed E-state index contributed by atoms with van der Waals surface area (Å²) in [5.74, 6) is 0.278. The molecule has 1 unspecified atom stereocenters. The molecule has 2 heterocycles. The molecule has 1 aromatic carbocycles. The minimum absolute atomic E-state index is 0.261. The van der Waals surface area contributed by atoms with E-state index in [9.17, 15) is 14.4 Å². The Kier molecular flexibility index (Phi) is 4.69. The van der Waals surface area contributed by atoms with Gasteiger partial charge in [0, 0.05) is 25.9 Å². The van der Waals surface area contributed by atoms with E-state index in [0.29, 0.717) is 31.2 Å². The van der Waals surface area contributed by atoms with Gasteiger partial charge >= 0.3 is 6.09 Å². The van der Waals surface area contributed by atoms with E-state index in [2.05, 4.69) is 5.32 Å². The van der Waals surface area contributed by atoms with Gasteiger partial charge in [-0.25, -0.2) is 4.79 Å². The van der Waals surface area contributed by atoms with Crippen LogP contribution < -0.4 is 10.1 Å². The smallest absolute Gasteiger partial charge is 0.407 e. The number of carbonyl (C=O) groups excluding carboxylic acids is 2. The lowest BCUT2D eigenvalue weighted by atomic mass is 9.89. The number of ether oxygens (including phenoxy) is 1. The second kappa shape index (κ2) is 6.90. The molecule has 24 heavy (non-hydrogen) atoms. The van der Waals surface area contributed by atoms with Gasteiger partial charge in [-0.3, -0.25) is 14.9 Å². The molecule has 1 aromatic rings. The van der Waals surface area contributed by atoms with Crippen LogP contribution in [0.3, 0.4) is 0 Å². The van der Waals surface area contributed by atoms with Gasteiger partial charge in [0.1, 0.15) is 5.75 Å². The van der Waals surface area contributed by atoms with Gasteiger partial charge in [0.25, 0.3) is 5.91 Å². The van der Waals surface area contributed by atoms with Gasteiger partial charge < -0.3 is 14.7 Å². The first kappa shape index (κ1) is 16.3. The fourth-order valence-corrected chi connectivity index (χ4v) is 3.17. The largest absolute Gasteiger partial charge is 0.481 e. The van der Waals surface area contributed by atoms with Crippen LogP contribution in [0.15, 0.2) is 24.3 Å². The van der Waals surface area contributed by atoms with Crippen molar-refractivity contribution in [2.45, 2.75) is 37.7 Å². The summed E-state index contributed by atoms with van der Waals surface area (Å²) in [5.41, 5.74) is 1.15. The van der Waals surface area contributed by atoms with Crippen molar-refractivity contribution in [3.8, 4) is 5.75 Å². The molecular formula is C17H20N2O5. The number of benzene rings is 1. The second-order valence-corrected chi connectivity index (χ2v) is 6.17. The molecule has 0 saturated carbocycles. The van der Waals surface area contributed by atoms with Crippen LogP contribution >= 0.6 is 0 Å². The number of carbonyl (C=O) groups is 3. The van der Waals surface area contributed by atoms with E-state index >= 15 is 0 Å². The maximum atomic E-state index is 11.7. The van der Waals surface area contributed by atoms with Crippen molar-refractivity contribution in [3.05, 3.63) is 29.8 Å². The average molecular weight is 332 g/mol. The molecule has 0 bridgehead atoms. The normalized spacial score (nSPS) is 22.2. The Labute approximate surface area is 139 Å². The molecule has 0 spiro atoms. The lowest BCUT2D eigenvalue weighted by Crippen LogP contribution is -2.46. The van der Waals surface area contributed by atoms with Crippen molar-refractivity contribution in [3.63, 3.8) is 0 Å². The van der Waals surface area contributed by atoms with E-state index in [4.69, 9.17) is 9.84 Å². The number of rotatable bonds is 3. The van der Waals surface area contributed by atoms with Crippen LogP contribution in [0.4, 0.5) is 4.79 Å². The third kappa shape index (κ3) is 3.67. The van der Waals surface area contributed by atoms with Crippen molar-refractivity contribution in [2.24, 2.45) is 0 Å². The summed E-state index contributed by atoms with van der Waals surface area (Å²) in [5, 5.41) is 11.3. The Balaban J connectivity index is 1.57. The van der Waals surface area contributed by atoms with Gasteiger partial charge in [-0.15, -0.1) is 0 Å². The summed E-state index contributed by atoms with van der Waals surface area (Å²) in [4.78, 5) is 35.2. The third-order valence-electron chi connectivity index (χ3n) is 4.58. The predicted octanol–water partition coefficient (Wildman–Crippen LogP) is 1.73. The lowest BCUT2D eigenvalue weighted by molar-refractivity contribution is -0.138. The van der Waals surface area contributed by atoms with E-state index in [1.165, 1.54) is 4.90 Å². The summed E-state index contributed by atoms with van der Waals surface area (Å²) in [6.07, 6.45) is 0.796. The van der Waals surface area contributed by atoms with E-state index in [1.807, 2.05) is 24.3 Å². The Bertz CT molecular complexity index is 635. The van der Waals surface area contributed by atoms with Crippen molar-refractivity contribution in [2.75, 3.05) is 13.1 Å². The summed E-state index contributed by atoms with van der Waals surface area (Å²) in [6, 6.07) is 7.57. The molecule has 1 atom stereocenters. The zero-order valence-electron chi connectivity index (χ0n) is 13.2. The molecule has 0 radical (unpaired) electrons. The van der Waals surface area contributed by atoms with Crippen LogP contribution in [0, 0.1) is 0 Å². The van der Waals surface area contributed by atoms with Crippen LogP contribution in [0.5, 0.6) is 5.75 Å². The first-order valence-corrected chi connectivity index (χ1v) is 8.11. The molecule has 3 amide bonds. The zero-order valence-corrected chi connectivity index (χ0v) is 13.2. The molecule has 2 N–H and O–H groups in total. The number of likely N-dealkylation sites (tertiary alicyclic amines) is 1. The Hall–Kier alpha value is -2.57. The van der Waals surface area contributed by atoms with Crippen LogP contribution in [0.25, 0.3) is 0 Å². The number of nitrogens with one attached hydrogen (secondary N) is 1. The van der Waals surface area contributed by atoms with Crippen LogP contribution in [0.2, 0.25) is 0 Å². The van der Waals surface area contributed by atoms with E-state index in [0.717, 1.165) is 18.4 Å². The first-order valence-electron chi connectivity index (χ1n) is 8.11. The van der Waals surface area contributed by atoms with Gasteiger partial charge in [0.2, 0.25) is 5.91 Å². The first-order chi connectivity index (χ1) is 11.5. The highest BCUT2D eigenvalue weighted by atomic mass is 16.5. The van der Waals surface area contributed by atoms with Gasteiger partial charge in [0.15, 0.2) is 6.10 Å². The lowest BCUT2D eigenvalue weighted by Gasteiger charge is -2.30. The minimum Gasteiger partial charge on any atom is -0.481 e. The maximum Gasteiger partial charge on any atom is 0.407 e. The van der Waals surface area contributed by atoms with Crippen molar-refractivity contribution >= 4 is 17.9 Å². The predicted molar refractivity (Wildman–Crippen MR) is 84.8 cm³/mol. The topological polar surface area (TPSA) is 95.9 Å².